The van der Waals surface area contributed by atoms with Gasteiger partial charge in [-0.3, -0.25) is 19.7 Å². The summed E-state index contributed by atoms with van der Waals surface area (Å²) in [4.78, 5) is 40.5. The third-order valence-electron chi connectivity index (χ3n) is 2.19. The number of rotatable bonds is 2. The van der Waals surface area contributed by atoms with E-state index in [1.54, 1.807) is 30.3 Å². The van der Waals surface area contributed by atoms with Crippen LogP contribution in [-0.2, 0) is 0 Å². The molecule has 90 valence electrons. The Labute approximate surface area is 102 Å². The molecule has 2 rings (SSSR count). The van der Waals surface area contributed by atoms with Crippen molar-refractivity contribution in [3.63, 3.8) is 0 Å². The lowest BCUT2D eigenvalue weighted by Gasteiger charge is -2.02. The first kappa shape index (κ1) is 11.7. The highest BCUT2D eigenvalue weighted by Gasteiger charge is 2.15. The van der Waals surface area contributed by atoms with Crippen molar-refractivity contribution in [2.75, 3.05) is 0 Å². The topological polar surface area (TPSA) is 91.9 Å². The van der Waals surface area contributed by atoms with Crippen LogP contribution < -0.4 is 10.9 Å². The lowest BCUT2D eigenvalue weighted by Crippen LogP contribution is -2.35. The second kappa shape index (κ2) is 5.05. The molecule has 2 amide bonds. The smallest absolute Gasteiger partial charge is 0.282 e. The number of aromatic amines is 1. The van der Waals surface area contributed by atoms with Crippen LogP contribution in [0.25, 0.3) is 0 Å². The quantitative estimate of drug-likeness (QED) is 0.744. The number of hydrogen-bond acceptors (Lipinski definition) is 4. The normalized spacial score (nSPS) is 9.78. The SMILES string of the molecule is O=C(NC(=O)c1ncc[nH]c1=O)c1ccccc1. The number of nitrogens with one attached hydrogen (secondary N) is 2. The molecule has 0 aliphatic heterocycles. The van der Waals surface area contributed by atoms with E-state index in [4.69, 9.17) is 0 Å². The molecule has 18 heavy (non-hydrogen) atoms. The van der Waals surface area contributed by atoms with Crippen molar-refractivity contribution in [3.05, 3.63) is 64.3 Å². The second-order valence-electron chi connectivity index (χ2n) is 3.42. The van der Waals surface area contributed by atoms with Crippen molar-refractivity contribution in [1.82, 2.24) is 15.3 Å². The fourth-order valence-corrected chi connectivity index (χ4v) is 1.34. The van der Waals surface area contributed by atoms with Crippen molar-refractivity contribution in [2.45, 2.75) is 0 Å². The Balaban J connectivity index is 2.16. The van der Waals surface area contributed by atoms with Gasteiger partial charge in [-0.15, -0.1) is 0 Å². The molecule has 0 spiro atoms. The van der Waals surface area contributed by atoms with E-state index in [1.807, 2.05) is 0 Å². The molecule has 6 heteroatoms. The van der Waals surface area contributed by atoms with Crippen LogP contribution in [-0.4, -0.2) is 21.8 Å². The minimum atomic E-state index is -0.828. The summed E-state index contributed by atoms with van der Waals surface area (Å²) in [6.45, 7) is 0. The summed E-state index contributed by atoms with van der Waals surface area (Å²) in [7, 11) is 0. The van der Waals surface area contributed by atoms with Crippen LogP contribution in [0.4, 0.5) is 0 Å². The Morgan fingerprint density at radius 2 is 1.83 bits per heavy atom. The van der Waals surface area contributed by atoms with Gasteiger partial charge >= 0.3 is 0 Å². The number of H-pyrrole nitrogens is 1. The summed E-state index contributed by atoms with van der Waals surface area (Å²) in [5.74, 6) is -1.41. The van der Waals surface area contributed by atoms with Gasteiger partial charge < -0.3 is 4.98 Å². The molecule has 6 nitrogen and oxygen atoms in total. The van der Waals surface area contributed by atoms with Crippen LogP contribution >= 0.6 is 0 Å². The van der Waals surface area contributed by atoms with Gasteiger partial charge in [0.1, 0.15) is 0 Å². The predicted octanol–water partition coefficient (Wildman–Crippen LogP) is 0.340. The maximum absolute atomic E-state index is 11.7. The maximum atomic E-state index is 11.7. The molecular weight excluding hydrogens is 234 g/mol. The zero-order valence-corrected chi connectivity index (χ0v) is 9.21. The van der Waals surface area contributed by atoms with Crippen LogP contribution in [0.3, 0.4) is 0 Å². The van der Waals surface area contributed by atoms with Gasteiger partial charge in [0.2, 0.25) is 0 Å². The highest BCUT2D eigenvalue weighted by molar-refractivity contribution is 6.09. The summed E-state index contributed by atoms with van der Waals surface area (Å²) in [6, 6.07) is 8.22. The van der Waals surface area contributed by atoms with Gasteiger partial charge in [0.05, 0.1) is 0 Å². The summed E-state index contributed by atoms with van der Waals surface area (Å²) < 4.78 is 0. The monoisotopic (exact) mass is 243 g/mol. The van der Waals surface area contributed by atoms with E-state index in [9.17, 15) is 14.4 Å². The van der Waals surface area contributed by atoms with Crippen molar-refractivity contribution in [3.8, 4) is 0 Å². The summed E-state index contributed by atoms with van der Waals surface area (Å²) in [5.41, 5.74) is -0.657. The summed E-state index contributed by atoms with van der Waals surface area (Å²) >= 11 is 0. The Bertz CT molecular complexity index is 634. The number of aromatic nitrogens is 2. The lowest BCUT2D eigenvalue weighted by atomic mass is 10.2. The minimum absolute atomic E-state index is 0.332. The van der Waals surface area contributed by atoms with Crippen molar-refractivity contribution >= 4 is 11.8 Å². The molecule has 0 bridgehead atoms. The largest absolute Gasteiger partial charge is 0.326 e. The van der Waals surface area contributed by atoms with E-state index in [1.165, 1.54) is 12.4 Å². The fourth-order valence-electron chi connectivity index (χ4n) is 1.34. The van der Waals surface area contributed by atoms with Crippen molar-refractivity contribution in [2.24, 2.45) is 0 Å². The van der Waals surface area contributed by atoms with Gasteiger partial charge in [-0.05, 0) is 12.1 Å². The standard InChI is InChI=1S/C12H9N3O3/c16-10(8-4-2-1-3-5-8)15-12(18)9-11(17)14-7-6-13-9/h1-7H,(H,14,17)(H,15,16,18). The van der Waals surface area contributed by atoms with E-state index in [-0.39, 0.29) is 5.69 Å². The predicted molar refractivity (Wildman–Crippen MR) is 63.1 cm³/mol. The molecule has 0 atom stereocenters. The molecule has 2 N–H and O–H groups in total. The Morgan fingerprint density at radius 1 is 1.11 bits per heavy atom. The van der Waals surface area contributed by atoms with Gasteiger partial charge in [-0.25, -0.2) is 4.98 Å². The molecule has 2 aromatic rings. The number of hydrogen-bond donors (Lipinski definition) is 2. The minimum Gasteiger partial charge on any atom is -0.326 e. The Morgan fingerprint density at radius 3 is 2.50 bits per heavy atom. The third kappa shape index (κ3) is 2.49. The van der Waals surface area contributed by atoms with Crippen LogP contribution in [0.2, 0.25) is 0 Å². The molecule has 0 saturated carbocycles. The summed E-state index contributed by atoms with van der Waals surface area (Å²) in [6.07, 6.45) is 2.57. The molecule has 1 aromatic heterocycles. The molecule has 1 aromatic carbocycles. The molecule has 0 aliphatic rings. The van der Waals surface area contributed by atoms with Gasteiger partial charge in [-0.2, -0.15) is 0 Å². The average molecular weight is 243 g/mol. The first-order valence-electron chi connectivity index (χ1n) is 5.13. The first-order valence-corrected chi connectivity index (χ1v) is 5.13. The van der Waals surface area contributed by atoms with E-state index < -0.39 is 17.4 Å². The fraction of sp³-hybridized carbons (Fsp3) is 0. The van der Waals surface area contributed by atoms with Gasteiger partial charge in [0.15, 0.2) is 5.69 Å². The number of carbonyl (C=O) groups excluding carboxylic acids is 2. The molecule has 0 saturated heterocycles. The molecule has 0 aliphatic carbocycles. The van der Waals surface area contributed by atoms with E-state index in [0.717, 1.165) is 0 Å². The number of nitrogens with zero attached hydrogens (tertiary/aromatic N) is 1. The maximum Gasteiger partial charge on any atom is 0.282 e. The van der Waals surface area contributed by atoms with Crippen molar-refractivity contribution < 1.29 is 9.59 Å². The van der Waals surface area contributed by atoms with E-state index in [2.05, 4.69) is 15.3 Å². The van der Waals surface area contributed by atoms with Gasteiger partial charge in [-0.1, -0.05) is 18.2 Å². The van der Waals surface area contributed by atoms with Crippen molar-refractivity contribution in [1.29, 1.82) is 0 Å². The van der Waals surface area contributed by atoms with Crippen LogP contribution in [0.5, 0.6) is 0 Å². The third-order valence-corrected chi connectivity index (χ3v) is 2.19. The first-order chi connectivity index (χ1) is 8.68. The average Bonchev–Trinajstić information content (AvgIpc) is 2.40. The summed E-state index contributed by atoms with van der Waals surface area (Å²) in [5, 5.41) is 2.09. The highest BCUT2D eigenvalue weighted by Crippen LogP contribution is 1.98. The molecule has 1 heterocycles. The van der Waals surface area contributed by atoms with E-state index in [0.29, 0.717) is 5.56 Å². The van der Waals surface area contributed by atoms with Gasteiger partial charge in [0.25, 0.3) is 17.4 Å². The number of benzene rings is 1. The van der Waals surface area contributed by atoms with Crippen LogP contribution in [0.15, 0.2) is 47.5 Å². The highest BCUT2D eigenvalue weighted by atomic mass is 16.2. The van der Waals surface area contributed by atoms with Gasteiger partial charge in [0, 0.05) is 18.0 Å². The molecule has 0 unspecified atom stereocenters. The zero-order chi connectivity index (χ0) is 13.0. The zero-order valence-electron chi connectivity index (χ0n) is 9.21. The lowest BCUT2D eigenvalue weighted by molar-refractivity contribution is 0.0845. The number of carbonyl (C=O) groups is 2. The Hall–Kier alpha value is -2.76. The Kier molecular flexibility index (Phi) is 3.29. The molecular formula is C12H9N3O3. The molecule has 0 fully saturated rings. The molecule has 0 radical (unpaired) electrons. The van der Waals surface area contributed by atoms with Crippen LogP contribution in [0.1, 0.15) is 20.8 Å². The van der Waals surface area contributed by atoms with Crippen LogP contribution in [0, 0.1) is 0 Å². The number of amides is 2. The second-order valence-corrected chi connectivity index (χ2v) is 3.42. The number of imide groups is 1. The van der Waals surface area contributed by atoms with E-state index >= 15 is 0 Å².